The Balaban J connectivity index is 0.00000625. The van der Waals surface area contributed by atoms with Gasteiger partial charge in [0, 0.05) is 32.3 Å². The highest BCUT2D eigenvalue weighted by atomic mass is 127. The van der Waals surface area contributed by atoms with Crippen LogP contribution in [0.25, 0.3) is 0 Å². The maximum Gasteiger partial charge on any atom is 0.191 e. The summed E-state index contributed by atoms with van der Waals surface area (Å²) in [7, 11) is 4.31. The van der Waals surface area contributed by atoms with Crippen LogP contribution >= 0.6 is 24.0 Å². The van der Waals surface area contributed by atoms with Gasteiger partial charge >= 0.3 is 0 Å². The Kier molecular flexibility index (Phi) is 15.8. The second-order valence-corrected chi connectivity index (χ2v) is 6.96. The van der Waals surface area contributed by atoms with Crippen molar-refractivity contribution in [1.82, 2.24) is 15.5 Å². The van der Waals surface area contributed by atoms with E-state index in [0.29, 0.717) is 18.1 Å². The van der Waals surface area contributed by atoms with Crippen molar-refractivity contribution in [3.05, 3.63) is 0 Å². The maximum absolute atomic E-state index is 5.80. The third-order valence-electron chi connectivity index (χ3n) is 4.89. The van der Waals surface area contributed by atoms with Gasteiger partial charge < -0.3 is 25.0 Å². The van der Waals surface area contributed by atoms with Crippen LogP contribution in [-0.4, -0.2) is 76.6 Å². The molecule has 1 heterocycles. The van der Waals surface area contributed by atoms with Crippen molar-refractivity contribution in [2.24, 2.45) is 10.9 Å². The lowest BCUT2D eigenvalue weighted by Gasteiger charge is -2.30. The lowest BCUT2D eigenvalue weighted by Crippen LogP contribution is -2.41. The fourth-order valence-electron chi connectivity index (χ4n) is 3.27. The molecular weight excluding hydrogens is 443 g/mol. The summed E-state index contributed by atoms with van der Waals surface area (Å²) in [4.78, 5) is 7.13. The number of halogens is 1. The Morgan fingerprint density at radius 3 is 2.50 bits per heavy atom. The van der Waals surface area contributed by atoms with Crippen molar-refractivity contribution in [1.29, 1.82) is 0 Å². The van der Waals surface area contributed by atoms with E-state index in [1.165, 1.54) is 12.8 Å². The molecule has 1 saturated heterocycles. The zero-order valence-corrected chi connectivity index (χ0v) is 19.8. The number of hydrogen-bond donors (Lipinski definition) is 2. The Morgan fingerprint density at radius 1 is 1.23 bits per heavy atom. The molecule has 26 heavy (non-hydrogen) atoms. The molecule has 0 aromatic rings. The summed E-state index contributed by atoms with van der Waals surface area (Å²) in [5.41, 5.74) is 0. The van der Waals surface area contributed by atoms with Crippen LogP contribution in [0.3, 0.4) is 0 Å². The maximum atomic E-state index is 5.80. The average molecular weight is 484 g/mol. The molecule has 0 aromatic carbocycles. The molecule has 7 heteroatoms. The Hall–Kier alpha value is -0.120. The molecule has 6 nitrogen and oxygen atoms in total. The van der Waals surface area contributed by atoms with Gasteiger partial charge in [-0.25, -0.2) is 0 Å². The topological polar surface area (TPSA) is 58.1 Å². The van der Waals surface area contributed by atoms with Crippen molar-refractivity contribution in [2.75, 3.05) is 53.6 Å². The van der Waals surface area contributed by atoms with Gasteiger partial charge in [-0.05, 0) is 39.8 Å². The predicted octanol–water partition coefficient (Wildman–Crippen LogP) is 2.72. The number of aliphatic imine (C=N–C) groups is 1. The number of likely N-dealkylation sites (N-methyl/N-ethyl adjacent to an activating group) is 1. The molecule has 2 N–H and O–H groups in total. The first-order valence-corrected chi connectivity index (χ1v) is 10.00. The fraction of sp³-hybridized carbons (Fsp3) is 0.947. The predicted molar refractivity (Wildman–Crippen MR) is 121 cm³/mol. The van der Waals surface area contributed by atoms with Gasteiger partial charge in [0.25, 0.3) is 0 Å². The quantitative estimate of drug-likeness (QED) is 0.193. The zero-order chi connectivity index (χ0) is 18.5. The molecule has 1 aliphatic rings. The van der Waals surface area contributed by atoms with E-state index < -0.39 is 0 Å². The van der Waals surface area contributed by atoms with Crippen molar-refractivity contribution in [3.63, 3.8) is 0 Å². The summed E-state index contributed by atoms with van der Waals surface area (Å²) >= 11 is 0. The van der Waals surface area contributed by atoms with Gasteiger partial charge in [0.1, 0.15) is 0 Å². The smallest absolute Gasteiger partial charge is 0.191 e. The number of hydrogen-bond acceptors (Lipinski definition) is 4. The van der Waals surface area contributed by atoms with E-state index in [9.17, 15) is 0 Å². The highest BCUT2D eigenvalue weighted by molar-refractivity contribution is 14.0. The van der Waals surface area contributed by atoms with Gasteiger partial charge in [0.15, 0.2) is 5.96 Å². The van der Waals surface area contributed by atoms with Gasteiger partial charge in [-0.3, -0.25) is 4.99 Å². The minimum absolute atomic E-state index is 0. The second-order valence-electron chi connectivity index (χ2n) is 6.96. The zero-order valence-electron chi connectivity index (χ0n) is 17.4. The molecule has 2 atom stereocenters. The van der Waals surface area contributed by atoms with Gasteiger partial charge in [0.05, 0.1) is 19.3 Å². The minimum Gasteiger partial charge on any atom is -0.379 e. The third kappa shape index (κ3) is 10.3. The molecule has 156 valence electrons. The van der Waals surface area contributed by atoms with E-state index in [2.05, 4.69) is 50.4 Å². The van der Waals surface area contributed by atoms with Crippen molar-refractivity contribution < 1.29 is 9.47 Å². The molecule has 1 fully saturated rings. The summed E-state index contributed by atoms with van der Waals surface area (Å²) in [5.74, 6) is 1.59. The van der Waals surface area contributed by atoms with Crippen LogP contribution < -0.4 is 10.6 Å². The standard InChI is InChI=1S/C19H40N4O2.HI/c1-6-16(7-2)18(23(4)5)14-22-19(20-8-3)21-11-9-12-25-17-10-13-24-15-17;/h16-18H,6-15H2,1-5H3,(H2,20,21,22);1H. The molecule has 1 rings (SSSR count). The molecule has 0 saturated carbocycles. The van der Waals surface area contributed by atoms with E-state index in [1.54, 1.807) is 0 Å². The van der Waals surface area contributed by atoms with E-state index in [1.807, 2.05) is 0 Å². The number of ether oxygens (including phenoxy) is 2. The molecule has 0 bridgehead atoms. The molecule has 0 aromatic heterocycles. The molecule has 0 aliphatic carbocycles. The van der Waals surface area contributed by atoms with Crippen molar-refractivity contribution >= 4 is 29.9 Å². The van der Waals surface area contributed by atoms with Crippen LogP contribution in [0.15, 0.2) is 4.99 Å². The van der Waals surface area contributed by atoms with E-state index in [-0.39, 0.29) is 24.0 Å². The minimum atomic E-state index is 0. The Bertz CT molecular complexity index is 359. The Labute approximate surface area is 177 Å². The van der Waals surface area contributed by atoms with Crippen LogP contribution in [0.2, 0.25) is 0 Å². The van der Waals surface area contributed by atoms with Crippen LogP contribution in [0.1, 0.15) is 46.5 Å². The molecule has 2 unspecified atom stereocenters. The number of rotatable bonds is 12. The van der Waals surface area contributed by atoms with Gasteiger partial charge in [-0.15, -0.1) is 24.0 Å². The largest absolute Gasteiger partial charge is 0.379 e. The van der Waals surface area contributed by atoms with Crippen molar-refractivity contribution in [3.8, 4) is 0 Å². The summed E-state index contributed by atoms with van der Waals surface area (Å²) < 4.78 is 11.1. The normalized spacial score (nSPS) is 18.9. The van der Waals surface area contributed by atoms with E-state index >= 15 is 0 Å². The molecule has 1 aliphatic heterocycles. The summed E-state index contributed by atoms with van der Waals surface area (Å²) in [6.07, 6.45) is 4.69. The first kappa shape index (κ1) is 25.9. The third-order valence-corrected chi connectivity index (χ3v) is 4.89. The average Bonchev–Trinajstić information content (AvgIpc) is 3.11. The van der Waals surface area contributed by atoms with Crippen LogP contribution in [-0.2, 0) is 9.47 Å². The van der Waals surface area contributed by atoms with E-state index in [4.69, 9.17) is 14.5 Å². The van der Waals surface area contributed by atoms with E-state index in [0.717, 1.165) is 58.3 Å². The van der Waals surface area contributed by atoms with Crippen LogP contribution in [0.4, 0.5) is 0 Å². The van der Waals surface area contributed by atoms with Crippen LogP contribution in [0, 0.1) is 5.92 Å². The highest BCUT2D eigenvalue weighted by Gasteiger charge is 2.20. The lowest BCUT2D eigenvalue weighted by molar-refractivity contribution is 0.0420. The molecular formula is C19H41IN4O2. The lowest BCUT2D eigenvalue weighted by atomic mass is 9.93. The number of nitrogens with one attached hydrogen (secondary N) is 2. The first-order valence-electron chi connectivity index (χ1n) is 10.00. The number of guanidine groups is 1. The summed E-state index contributed by atoms with van der Waals surface area (Å²) in [5, 5.41) is 6.77. The molecule has 0 spiro atoms. The van der Waals surface area contributed by atoms with Crippen LogP contribution in [0.5, 0.6) is 0 Å². The fourth-order valence-corrected chi connectivity index (χ4v) is 3.27. The SMILES string of the molecule is CCNC(=NCC(C(CC)CC)N(C)C)NCCCOC1CCOC1.I. The van der Waals surface area contributed by atoms with Crippen molar-refractivity contribution in [2.45, 2.75) is 58.6 Å². The highest BCUT2D eigenvalue weighted by Crippen LogP contribution is 2.17. The summed E-state index contributed by atoms with van der Waals surface area (Å²) in [6.45, 7) is 11.6. The molecule has 0 amide bonds. The monoisotopic (exact) mass is 484 g/mol. The van der Waals surface area contributed by atoms with Gasteiger partial charge in [-0.1, -0.05) is 26.7 Å². The molecule has 0 radical (unpaired) electrons. The number of nitrogens with zero attached hydrogens (tertiary/aromatic N) is 2. The second kappa shape index (κ2) is 15.9. The van der Waals surface area contributed by atoms with Gasteiger partial charge in [0.2, 0.25) is 0 Å². The Morgan fingerprint density at radius 2 is 1.96 bits per heavy atom. The first-order chi connectivity index (χ1) is 12.1. The summed E-state index contributed by atoms with van der Waals surface area (Å²) in [6, 6.07) is 0.483. The van der Waals surface area contributed by atoms with Gasteiger partial charge in [-0.2, -0.15) is 0 Å².